The van der Waals surface area contributed by atoms with Gasteiger partial charge in [-0.3, -0.25) is 0 Å². The maximum absolute atomic E-state index is 9.37. The van der Waals surface area contributed by atoms with Crippen molar-refractivity contribution < 1.29 is 9.84 Å². The first-order valence-corrected chi connectivity index (χ1v) is 5.74. The Bertz CT molecular complexity index is 348. The Morgan fingerprint density at radius 1 is 1.56 bits per heavy atom. The number of aliphatic hydroxyl groups is 1. The van der Waals surface area contributed by atoms with E-state index in [1.807, 2.05) is 12.1 Å². The molecule has 1 aromatic rings. The highest BCUT2D eigenvalue weighted by molar-refractivity contribution is 6.32. The zero-order chi connectivity index (χ0) is 12.0. The van der Waals surface area contributed by atoms with Gasteiger partial charge >= 0.3 is 0 Å². The SMILES string of the molecule is C=CCCCOc1ccc([C@H](C)O)cc1Cl. The van der Waals surface area contributed by atoms with Gasteiger partial charge in [0.25, 0.3) is 0 Å². The van der Waals surface area contributed by atoms with E-state index in [9.17, 15) is 5.11 Å². The van der Waals surface area contributed by atoms with E-state index < -0.39 is 6.10 Å². The van der Waals surface area contributed by atoms with Gasteiger partial charge in [-0.1, -0.05) is 23.7 Å². The average molecular weight is 241 g/mol. The highest BCUT2D eigenvalue weighted by atomic mass is 35.5. The van der Waals surface area contributed by atoms with Crippen molar-refractivity contribution in [2.75, 3.05) is 6.61 Å². The van der Waals surface area contributed by atoms with Crippen LogP contribution in [0.2, 0.25) is 5.02 Å². The highest BCUT2D eigenvalue weighted by Crippen LogP contribution is 2.27. The van der Waals surface area contributed by atoms with Gasteiger partial charge in [-0.25, -0.2) is 0 Å². The predicted molar refractivity (Wildman–Crippen MR) is 67.0 cm³/mol. The van der Waals surface area contributed by atoms with Gasteiger partial charge in [0.2, 0.25) is 0 Å². The second-order valence-corrected chi connectivity index (χ2v) is 4.05. The second kappa shape index (κ2) is 6.56. The first-order chi connectivity index (χ1) is 7.65. The number of halogens is 1. The van der Waals surface area contributed by atoms with Gasteiger partial charge in [-0.15, -0.1) is 6.58 Å². The van der Waals surface area contributed by atoms with Gasteiger partial charge in [-0.2, -0.15) is 0 Å². The lowest BCUT2D eigenvalue weighted by Gasteiger charge is -2.10. The highest BCUT2D eigenvalue weighted by Gasteiger charge is 2.06. The molecule has 0 saturated heterocycles. The fraction of sp³-hybridized carbons (Fsp3) is 0.385. The molecule has 1 aromatic carbocycles. The molecule has 0 amide bonds. The summed E-state index contributed by atoms with van der Waals surface area (Å²) in [6, 6.07) is 5.34. The standard InChI is InChI=1S/C13H17ClO2/c1-3-4-5-8-16-13-7-6-11(10(2)15)9-12(13)14/h3,6-7,9-10,15H,1,4-5,8H2,2H3/t10-/m0/s1. The van der Waals surface area contributed by atoms with Crippen LogP contribution in [0.4, 0.5) is 0 Å². The van der Waals surface area contributed by atoms with E-state index >= 15 is 0 Å². The predicted octanol–water partition coefficient (Wildman–Crippen LogP) is 3.74. The molecule has 1 N–H and O–H groups in total. The third kappa shape index (κ3) is 3.87. The molecule has 0 radical (unpaired) electrons. The lowest BCUT2D eigenvalue weighted by Crippen LogP contribution is -1.98. The summed E-state index contributed by atoms with van der Waals surface area (Å²) in [6.45, 7) is 5.97. The quantitative estimate of drug-likeness (QED) is 0.606. The molecule has 88 valence electrons. The lowest BCUT2D eigenvalue weighted by molar-refractivity contribution is 0.199. The van der Waals surface area contributed by atoms with Gasteiger partial charge < -0.3 is 9.84 Å². The van der Waals surface area contributed by atoms with Crippen LogP contribution in [0.5, 0.6) is 5.75 Å². The molecule has 0 bridgehead atoms. The van der Waals surface area contributed by atoms with Crippen LogP contribution in [0, 0.1) is 0 Å². The Morgan fingerprint density at radius 3 is 2.88 bits per heavy atom. The summed E-state index contributed by atoms with van der Waals surface area (Å²) in [5.74, 6) is 0.662. The lowest BCUT2D eigenvalue weighted by atomic mass is 10.1. The maximum Gasteiger partial charge on any atom is 0.137 e. The van der Waals surface area contributed by atoms with Crippen molar-refractivity contribution >= 4 is 11.6 Å². The van der Waals surface area contributed by atoms with Gasteiger partial charge in [0.05, 0.1) is 17.7 Å². The van der Waals surface area contributed by atoms with Crippen LogP contribution in [0.1, 0.15) is 31.4 Å². The minimum Gasteiger partial charge on any atom is -0.492 e. The summed E-state index contributed by atoms with van der Waals surface area (Å²) in [6.07, 6.45) is 3.22. The van der Waals surface area contributed by atoms with E-state index in [4.69, 9.17) is 16.3 Å². The second-order valence-electron chi connectivity index (χ2n) is 3.65. The third-order valence-corrected chi connectivity index (χ3v) is 2.54. The Kier molecular flexibility index (Phi) is 5.36. The summed E-state index contributed by atoms with van der Waals surface area (Å²) in [5, 5.41) is 9.91. The molecule has 2 nitrogen and oxygen atoms in total. The molecule has 0 unspecified atom stereocenters. The fourth-order valence-corrected chi connectivity index (χ4v) is 1.55. The van der Waals surface area contributed by atoms with E-state index in [0.717, 1.165) is 18.4 Å². The van der Waals surface area contributed by atoms with E-state index in [2.05, 4.69) is 6.58 Å². The number of aliphatic hydroxyl groups excluding tert-OH is 1. The monoisotopic (exact) mass is 240 g/mol. The van der Waals surface area contributed by atoms with Crippen LogP contribution in [-0.2, 0) is 0 Å². The number of unbranched alkanes of at least 4 members (excludes halogenated alkanes) is 1. The van der Waals surface area contributed by atoms with Crippen molar-refractivity contribution in [3.8, 4) is 5.75 Å². The van der Waals surface area contributed by atoms with Gasteiger partial charge in [-0.05, 0) is 37.5 Å². The zero-order valence-corrected chi connectivity index (χ0v) is 10.2. The first-order valence-electron chi connectivity index (χ1n) is 5.36. The van der Waals surface area contributed by atoms with E-state index in [-0.39, 0.29) is 0 Å². The molecule has 0 heterocycles. The summed E-state index contributed by atoms with van der Waals surface area (Å²) < 4.78 is 5.51. The largest absolute Gasteiger partial charge is 0.492 e. The average Bonchev–Trinajstić information content (AvgIpc) is 2.26. The van der Waals surface area contributed by atoms with Gasteiger partial charge in [0.1, 0.15) is 5.75 Å². The Balaban J connectivity index is 2.57. The van der Waals surface area contributed by atoms with Crippen LogP contribution >= 0.6 is 11.6 Å². The fourth-order valence-electron chi connectivity index (χ4n) is 1.30. The molecule has 0 aromatic heterocycles. The van der Waals surface area contributed by atoms with Crippen molar-refractivity contribution in [3.05, 3.63) is 41.4 Å². The smallest absolute Gasteiger partial charge is 0.137 e. The molecule has 0 aliphatic rings. The molecule has 0 fully saturated rings. The minimum absolute atomic E-state index is 0.507. The van der Waals surface area contributed by atoms with Crippen molar-refractivity contribution in [1.82, 2.24) is 0 Å². The molecule has 0 aliphatic heterocycles. The molecular formula is C13H17ClO2. The zero-order valence-electron chi connectivity index (χ0n) is 9.45. The molecular weight excluding hydrogens is 224 g/mol. The van der Waals surface area contributed by atoms with Crippen LogP contribution in [0.3, 0.4) is 0 Å². The summed E-state index contributed by atoms with van der Waals surface area (Å²) in [4.78, 5) is 0. The topological polar surface area (TPSA) is 29.5 Å². The van der Waals surface area contributed by atoms with E-state index in [0.29, 0.717) is 17.4 Å². The first kappa shape index (κ1) is 13.1. The van der Waals surface area contributed by atoms with Crippen LogP contribution < -0.4 is 4.74 Å². The Hall–Kier alpha value is -0.990. The Labute approximate surface area is 102 Å². The number of hydrogen-bond donors (Lipinski definition) is 1. The number of ether oxygens (including phenoxy) is 1. The number of hydrogen-bond acceptors (Lipinski definition) is 2. The summed E-state index contributed by atoms with van der Waals surface area (Å²) >= 11 is 6.03. The van der Waals surface area contributed by atoms with Crippen LogP contribution in [-0.4, -0.2) is 11.7 Å². The summed E-state index contributed by atoms with van der Waals surface area (Å²) in [7, 11) is 0. The van der Waals surface area contributed by atoms with Crippen LogP contribution in [0.25, 0.3) is 0 Å². The van der Waals surface area contributed by atoms with E-state index in [1.54, 1.807) is 19.1 Å². The molecule has 1 rings (SSSR count). The maximum atomic E-state index is 9.37. The molecule has 0 spiro atoms. The molecule has 16 heavy (non-hydrogen) atoms. The van der Waals surface area contributed by atoms with Crippen molar-refractivity contribution in [3.63, 3.8) is 0 Å². The number of rotatable bonds is 6. The van der Waals surface area contributed by atoms with Crippen molar-refractivity contribution in [1.29, 1.82) is 0 Å². The van der Waals surface area contributed by atoms with Gasteiger partial charge in [0, 0.05) is 0 Å². The molecule has 1 atom stereocenters. The number of benzene rings is 1. The van der Waals surface area contributed by atoms with Crippen molar-refractivity contribution in [2.45, 2.75) is 25.9 Å². The third-order valence-electron chi connectivity index (χ3n) is 2.25. The molecule has 0 saturated carbocycles. The summed E-state index contributed by atoms with van der Waals surface area (Å²) in [5.41, 5.74) is 0.795. The van der Waals surface area contributed by atoms with E-state index in [1.165, 1.54) is 0 Å². The Morgan fingerprint density at radius 2 is 2.31 bits per heavy atom. The molecule has 3 heteroatoms. The van der Waals surface area contributed by atoms with Crippen molar-refractivity contribution in [2.24, 2.45) is 0 Å². The molecule has 0 aliphatic carbocycles. The van der Waals surface area contributed by atoms with Crippen LogP contribution in [0.15, 0.2) is 30.9 Å². The number of allylic oxidation sites excluding steroid dienone is 1. The van der Waals surface area contributed by atoms with Gasteiger partial charge in [0.15, 0.2) is 0 Å². The normalized spacial score (nSPS) is 12.2. The minimum atomic E-state index is -0.507.